The molecule has 1 atom stereocenters. The maximum atomic E-state index is 3.60. The molecule has 18 heavy (non-hydrogen) atoms. The Morgan fingerprint density at radius 3 is 2.67 bits per heavy atom. The Morgan fingerprint density at radius 1 is 1.00 bits per heavy atom. The summed E-state index contributed by atoms with van der Waals surface area (Å²) in [6.07, 6.45) is 5.53. The van der Waals surface area contributed by atoms with E-state index in [0.717, 1.165) is 6.42 Å². The van der Waals surface area contributed by atoms with Gasteiger partial charge in [-0.15, -0.1) is 0 Å². The summed E-state index contributed by atoms with van der Waals surface area (Å²) in [5.41, 5.74) is 5.29. The summed E-state index contributed by atoms with van der Waals surface area (Å²) < 4.78 is 0. The predicted molar refractivity (Wildman–Crippen MR) is 77.8 cm³/mol. The normalized spacial score (nSPS) is 17.3. The zero-order chi connectivity index (χ0) is 12.4. The van der Waals surface area contributed by atoms with Gasteiger partial charge in [0.05, 0.1) is 0 Å². The average Bonchev–Trinajstić information content (AvgIpc) is 2.41. The number of anilines is 1. The van der Waals surface area contributed by atoms with Crippen LogP contribution >= 0.6 is 0 Å². The molecule has 0 spiro atoms. The Balaban J connectivity index is 1.80. The number of nitrogens with one attached hydrogen (secondary N) is 1. The molecule has 1 nitrogen and oxygen atoms in total. The highest BCUT2D eigenvalue weighted by Gasteiger charge is 2.13. The van der Waals surface area contributed by atoms with Gasteiger partial charge in [0.25, 0.3) is 0 Å². The molecule has 0 radical (unpaired) electrons. The molecular weight excluding hydrogens is 218 g/mol. The molecule has 0 bridgehead atoms. The van der Waals surface area contributed by atoms with E-state index >= 15 is 0 Å². The molecule has 1 heteroatoms. The Kier molecular flexibility index (Phi) is 2.89. The maximum Gasteiger partial charge on any atom is 0.0488 e. The van der Waals surface area contributed by atoms with Gasteiger partial charge in [-0.1, -0.05) is 54.6 Å². The van der Waals surface area contributed by atoms with Gasteiger partial charge in [-0.2, -0.15) is 0 Å². The van der Waals surface area contributed by atoms with Crippen LogP contribution in [0.25, 0.3) is 6.08 Å². The molecule has 0 saturated carbocycles. The van der Waals surface area contributed by atoms with Crippen LogP contribution in [0.4, 0.5) is 5.69 Å². The van der Waals surface area contributed by atoms with Crippen molar-refractivity contribution in [2.24, 2.45) is 0 Å². The van der Waals surface area contributed by atoms with E-state index in [1.165, 1.54) is 22.4 Å². The van der Waals surface area contributed by atoms with Gasteiger partial charge in [0, 0.05) is 11.7 Å². The van der Waals surface area contributed by atoms with Crippen molar-refractivity contribution in [3.8, 4) is 0 Å². The highest BCUT2D eigenvalue weighted by Crippen LogP contribution is 2.22. The summed E-state index contributed by atoms with van der Waals surface area (Å²) in [4.78, 5) is 0. The van der Waals surface area contributed by atoms with E-state index in [1.807, 2.05) is 0 Å². The van der Waals surface area contributed by atoms with E-state index in [2.05, 4.69) is 72.9 Å². The first-order valence-corrected chi connectivity index (χ1v) is 6.41. The third-order valence-electron chi connectivity index (χ3n) is 3.49. The first-order chi connectivity index (χ1) is 8.83. The molecule has 90 valence electrons. The van der Waals surface area contributed by atoms with E-state index in [0.29, 0.717) is 6.04 Å². The number of hydrogen-bond donors (Lipinski definition) is 1. The number of para-hydroxylation sites is 1. The summed E-state index contributed by atoms with van der Waals surface area (Å²) in [6, 6.07) is 17.4. The Hall–Kier alpha value is -2.02. The van der Waals surface area contributed by atoms with Crippen LogP contribution in [0.15, 0.2) is 54.6 Å². The van der Waals surface area contributed by atoms with Gasteiger partial charge in [-0.25, -0.2) is 0 Å². The van der Waals surface area contributed by atoms with Crippen molar-refractivity contribution >= 4 is 11.8 Å². The van der Waals surface area contributed by atoms with Gasteiger partial charge >= 0.3 is 0 Å². The fraction of sp³-hybridized carbons (Fsp3) is 0.176. The lowest BCUT2D eigenvalue weighted by Gasteiger charge is -2.22. The molecule has 3 rings (SSSR count). The average molecular weight is 235 g/mol. The predicted octanol–water partition coefficient (Wildman–Crippen LogP) is 4.05. The van der Waals surface area contributed by atoms with Crippen molar-refractivity contribution in [3.63, 3.8) is 0 Å². The minimum atomic E-state index is 0.390. The zero-order valence-corrected chi connectivity index (χ0v) is 10.6. The molecule has 0 aromatic heterocycles. The molecule has 0 fully saturated rings. The van der Waals surface area contributed by atoms with Crippen LogP contribution in [-0.2, 0) is 6.42 Å². The van der Waals surface area contributed by atoms with Crippen LogP contribution in [0.3, 0.4) is 0 Å². The van der Waals surface area contributed by atoms with Crippen LogP contribution < -0.4 is 5.32 Å². The van der Waals surface area contributed by atoms with E-state index in [-0.39, 0.29) is 0 Å². The van der Waals surface area contributed by atoms with Crippen molar-refractivity contribution in [2.75, 3.05) is 5.32 Å². The molecule has 0 aliphatic heterocycles. The van der Waals surface area contributed by atoms with Crippen molar-refractivity contribution in [1.82, 2.24) is 0 Å². The van der Waals surface area contributed by atoms with Crippen LogP contribution in [0, 0.1) is 6.92 Å². The van der Waals surface area contributed by atoms with Gasteiger partial charge in [0.15, 0.2) is 0 Å². The molecule has 0 saturated heterocycles. The lowest BCUT2D eigenvalue weighted by molar-refractivity contribution is 0.853. The van der Waals surface area contributed by atoms with Gasteiger partial charge in [0.2, 0.25) is 0 Å². The maximum absolute atomic E-state index is 3.60. The summed E-state index contributed by atoms with van der Waals surface area (Å²) in [5.74, 6) is 0. The monoisotopic (exact) mass is 235 g/mol. The smallest absolute Gasteiger partial charge is 0.0488 e. The summed E-state index contributed by atoms with van der Waals surface area (Å²) >= 11 is 0. The van der Waals surface area contributed by atoms with Crippen LogP contribution in [0.5, 0.6) is 0 Å². The van der Waals surface area contributed by atoms with Crippen molar-refractivity contribution in [2.45, 2.75) is 19.4 Å². The topological polar surface area (TPSA) is 12.0 Å². The SMILES string of the molecule is Cc1ccccc1NC1C=Cc2ccccc2C1. The van der Waals surface area contributed by atoms with Crippen LogP contribution in [-0.4, -0.2) is 6.04 Å². The van der Waals surface area contributed by atoms with E-state index < -0.39 is 0 Å². The minimum Gasteiger partial charge on any atom is -0.378 e. The Bertz CT molecular complexity index is 584. The summed E-state index contributed by atoms with van der Waals surface area (Å²) in [7, 11) is 0. The first kappa shape index (κ1) is 11.1. The number of aryl methyl sites for hydroxylation is 1. The standard InChI is InChI=1S/C17H17N/c1-13-6-2-5-9-17(13)18-16-11-10-14-7-3-4-8-15(14)12-16/h2-11,16,18H,12H2,1H3. The van der Waals surface area contributed by atoms with E-state index in [4.69, 9.17) is 0 Å². The van der Waals surface area contributed by atoms with Gasteiger partial charge in [0.1, 0.15) is 0 Å². The van der Waals surface area contributed by atoms with E-state index in [1.54, 1.807) is 0 Å². The number of benzene rings is 2. The fourth-order valence-corrected chi connectivity index (χ4v) is 2.44. The molecule has 1 N–H and O–H groups in total. The molecule has 2 aromatic carbocycles. The van der Waals surface area contributed by atoms with Gasteiger partial charge in [-0.3, -0.25) is 0 Å². The lowest BCUT2D eigenvalue weighted by atomic mass is 9.94. The van der Waals surface area contributed by atoms with Gasteiger partial charge in [-0.05, 0) is 36.1 Å². The summed E-state index contributed by atoms with van der Waals surface area (Å²) in [5, 5.41) is 3.60. The highest BCUT2D eigenvalue weighted by molar-refractivity contribution is 5.60. The van der Waals surface area contributed by atoms with Gasteiger partial charge < -0.3 is 5.32 Å². The van der Waals surface area contributed by atoms with Crippen molar-refractivity contribution in [3.05, 3.63) is 71.3 Å². The molecule has 1 aliphatic carbocycles. The lowest BCUT2D eigenvalue weighted by Crippen LogP contribution is -2.22. The molecular formula is C17H17N. The second kappa shape index (κ2) is 4.69. The molecule has 0 amide bonds. The second-order valence-electron chi connectivity index (χ2n) is 4.83. The number of fused-ring (bicyclic) bond motifs is 1. The third-order valence-corrected chi connectivity index (χ3v) is 3.49. The largest absolute Gasteiger partial charge is 0.378 e. The van der Waals surface area contributed by atoms with Crippen molar-refractivity contribution in [1.29, 1.82) is 0 Å². The Labute approximate surface area is 108 Å². The first-order valence-electron chi connectivity index (χ1n) is 6.41. The van der Waals surface area contributed by atoms with E-state index in [9.17, 15) is 0 Å². The van der Waals surface area contributed by atoms with Crippen molar-refractivity contribution < 1.29 is 0 Å². The molecule has 0 heterocycles. The quantitative estimate of drug-likeness (QED) is 0.828. The third kappa shape index (κ3) is 2.17. The highest BCUT2D eigenvalue weighted by atomic mass is 14.9. The zero-order valence-electron chi connectivity index (χ0n) is 10.6. The van der Waals surface area contributed by atoms with Crippen LogP contribution in [0.2, 0.25) is 0 Å². The minimum absolute atomic E-state index is 0.390. The number of hydrogen-bond acceptors (Lipinski definition) is 1. The molecule has 2 aromatic rings. The van der Waals surface area contributed by atoms with Crippen LogP contribution in [0.1, 0.15) is 16.7 Å². The summed E-state index contributed by atoms with van der Waals surface area (Å²) in [6.45, 7) is 2.14. The number of rotatable bonds is 2. The molecule has 1 aliphatic rings. The molecule has 1 unspecified atom stereocenters. The Morgan fingerprint density at radius 2 is 1.78 bits per heavy atom. The fourth-order valence-electron chi connectivity index (χ4n) is 2.44. The second-order valence-corrected chi connectivity index (χ2v) is 4.83.